The van der Waals surface area contributed by atoms with Crippen molar-refractivity contribution in [1.82, 2.24) is 0 Å². The molecule has 1 amide bonds. The van der Waals surface area contributed by atoms with Gasteiger partial charge in [-0.3, -0.25) is 9.79 Å². The summed E-state index contributed by atoms with van der Waals surface area (Å²) in [7, 11) is 0. The lowest BCUT2D eigenvalue weighted by atomic mass is 10.1. The number of para-hydroxylation sites is 2. The second kappa shape index (κ2) is 4.57. The van der Waals surface area contributed by atoms with Crippen LogP contribution in [0.5, 0.6) is 0 Å². The van der Waals surface area contributed by atoms with Crippen LogP contribution in [0.2, 0.25) is 0 Å². The average molecular weight is 251 g/mol. The van der Waals surface area contributed by atoms with Crippen LogP contribution in [0.1, 0.15) is 11.1 Å². The molecule has 0 bridgehead atoms. The number of carbonyl (C=O) groups excluding carboxylic acids is 1. The average Bonchev–Trinajstić information content (AvgIpc) is 2.58. The van der Waals surface area contributed by atoms with E-state index in [2.05, 4.69) is 10.3 Å². The largest absolute Gasteiger partial charge is 0.398 e. The van der Waals surface area contributed by atoms with Crippen molar-refractivity contribution in [3.05, 3.63) is 59.7 Å². The van der Waals surface area contributed by atoms with Crippen LogP contribution in [-0.4, -0.2) is 11.6 Å². The van der Waals surface area contributed by atoms with Crippen LogP contribution < -0.4 is 11.1 Å². The zero-order valence-electron chi connectivity index (χ0n) is 10.3. The van der Waals surface area contributed by atoms with E-state index in [1.54, 1.807) is 6.07 Å². The Bertz CT molecular complexity index is 677. The van der Waals surface area contributed by atoms with Crippen LogP contribution in [-0.2, 0) is 11.3 Å². The van der Waals surface area contributed by atoms with E-state index in [4.69, 9.17) is 5.73 Å². The molecule has 1 aliphatic heterocycles. The Morgan fingerprint density at radius 2 is 1.79 bits per heavy atom. The Morgan fingerprint density at radius 3 is 2.63 bits per heavy atom. The molecule has 0 spiro atoms. The smallest absolute Gasteiger partial charge is 0.274 e. The van der Waals surface area contributed by atoms with Gasteiger partial charge >= 0.3 is 0 Å². The highest BCUT2D eigenvalue weighted by atomic mass is 16.1. The highest BCUT2D eigenvalue weighted by Crippen LogP contribution is 2.21. The number of benzene rings is 2. The van der Waals surface area contributed by atoms with Crippen LogP contribution in [0.25, 0.3) is 0 Å². The summed E-state index contributed by atoms with van der Waals surface area (Å²) in [6.07, 6.45) is 0. The molecule has 4 heteroatoms. The van der Waals surface area contributed by atoms with Crippen molar-refractivity contribution in [3.8, 4) is 0 Å². The van der Waals surface area contributed by atoms with Crippen molar-refractivity contribution in [2.45, 2.75) is 6.54 Å². The third kappa shape index (κ3) is 2.08. The molecule has 0 saturated heterocycles. The van der Waals surface area contributed by atoms with Gasteiger partial charge in [0.1, 0.15) is 5.71 Å². The Hall–Kier alpha value is -2.62. The number of carbonyl (C=O) groups is 1. The number of fused-ring (bicyclic) bond motifs is 1. The first-order chi connectivity index (χ1) is 9.25. The summed E-state index contributed by atoms with van der Waals surface area (Å²) in [5.74, 6) is -0.220. The topological polar surface area (TPSA) is 67.5 Å². The summed E-state index contributed by atoms with van der Waals surface area (Å²) in [5.41, 5.74) is 9.33. The van der Waals surface area contributed by atoms with E-state index in [9.17, 15) is 4.79 Å². The molecule has 0 atom stereocenters. The standard InChI is InChI=1S/C15H13N3O/c16-12-7-3-2-6-11(12)14-15(19)18-13-8-4-1-5-10(13)9-17-14/h1-8H,9,16H2,(H,18,19). The van der Waals surface area contributed by atoms with Gasteiger partial charge in [0.25, 0.3) is 5.91 Å². The molecule has 0 saturated carbocycles. The minimum atomic E-state index is -0.220. The third-order valence-electron chi connectivity index (χ3n) is 3.10. The van der Waals surface area contributed by atoms with E-state index >= 15 is 0 Å². The first-order valence-electron chi connectivity index (χ1n) is 6.04. The molecule has 94 valence electrons. The Balaban J connectivity index is 2.04. The molecule has 19 heavy (non-hydrogen) atoms. The van der Waals surface area contributed by atoms with Crippen molar-refractivity contribution >= 4 is 23.0 Å². The maximum absolute atomic E-state index is 12.2. The van der Waals surface area contributed by atoms with Gasteiger partial charge in [-0.15, -0.1) is 0 Å². The lowest BCUT2D eigenvalue weighted by molar-refractivity contribution is -0.110. The maximum Gasteiger partial charge on any atom is 0.274 e. The van der Waals surface area contributed by atoms with Crippen molar-refractivity contribution in [1.29, 1.82) is 0 Å². The van der Waals surface area contributed by atoms with Gasteiger partial charge < -0.3 is 11.1 Å². The van der Waals surface area contributed by atoms with E-state index in [1.807, 2.05) is 42.5 Å². The minimum absolute atomic E-state index is 0.220. The number of rotatable bonds is 1. The molecule has 1 heterocycles. The molecule has 3 rings (SSSR count). The van der Waals surface area contributed by atoms with Gasteiger partial charge in [-0.25, -0.2) is 0 Å². The van der Waals surface area contributed by atoms with E-state index in [0.29, 0.717) is 23.5 Å². The zero-order valence-corrected chi connectivity index (χ0v) is 10.3. The summed E-state index contributed by atoms with van der Waals surface area (Å²) >= 11 is 0. The van der Waals surface area contributed by atoms with Gasteiger partial charge in [0, 0.05) is 16.9 Å². The monoisotopic (exact) mass is 251 g/mol. The lowest BCUT2D eigenvalue weighted by Crippen LogP contribution is -2.23. The number of aliphatic imine (C=N–C) groups is 1. The molecule has 0 unspecified atom stereocenters. The molecular weight excluding hydrogens is 238 g/mol. The van der Waals surface area contributed by atoms with Crippen LogP contribution in [0, 0.1) is 0 Å². The van der Waals surface area contributed by atoms with Gasteiger partial charge in [-0.05, 0) is 17.7 Å². The minimum Gasteiger partial charge on any atom is -0.398 e. The fourth-order valence-electron chi connectivity index (χ4n) is 2.12. The van der Waals surface area contributed by atoms with Crippen molar-refractivity contribution in [2.24, 2.45) is 4.99 Å². The van der Waals surface area contributed by atoms with Crippen molar-refractivity contribution < 1.29 is 4.79 Å². The van der Waals surface area contributed by atoms with Crippen LogP contribution in [0.15, 0.2) is 53.5 Å². The molecule has 1 aliphatic rings. The summed E-state index contributed by atoms with van der Waals surface area (Å²) in [4.78, 5) is 16.6. The predicted molar refractivity (Wildman–Crippen MR) is 76.2 cm³/mol. The maximum atomic E-state index is 12.2. The highest BCUT2D eigenvalue weighted by Gasteiger charge is 2.20. The van der Waals surface area contributed by atoms with E-state index in [0.717, 1.165) is 11.3 Å². The van der Waals surface area contributed by atoms with Gasteiger partial charge in [0.15, 0.2) is 0 Å². The van der Waals surface area contributed by atoms with Crippen LogP contribution in [0.3, 0.4) is 0 Å². The number of hydrogen-bond donors (Lipinski definition) is 2. The number of nitrogen functional groups attached to an aromatic ring is 1. The zero-order chi connectivity index (χ0) is 13.2. The highest BCUT2D eigenvalue weighted by molar-refractivity contribution is 6.50. The molecule has 0 radical (unpaired) electrons. The molecule has 2 aromatic carbocycles. The first kappa shape index (κ1) is 11.5. The van der Waals surface area contributed by atoms with E-state index < -0.39 is 0 Å². The molecule has 0 aromatic heterocycles. The normalized spacial score (nSPS) is 14.1. The molecule has 0 aliphatic carbocycles. The van der Waals surface area contributed by atoms with Crippen molar-refractivity contribution in [2.75, 3.05) is 11.1 Å². The fourth-order valence-corrected chi connectivity index (χ4v) is 2.12. The predicted octanol–water partition coefficient (Wildman–Crippen LogP) is 2.21. The van der Waals surface area contributed by atoms with Gasteiger partial charge in [0.05, 0.1) is 6.54 Å². The van der Waals surface area contributed by atoms with Crippen LogP contribution in [0.4, 0.5) is 11.4 Å². The van der Waals surface area contributed by atoms with Crippen LogP contribution >= 0.6 is 0 Å². The molecule has 2 aromatic rings. The van der Waals surface area contributed by atoms with Crippen molar-refractivity contribution in [3.63, 3.8) is 0 Å². The van der Waals surface area contributed by atoms with E-state index in [1.165, 1.54) is 0 Å². The second-order valence-electron chi connectivity index (χ2n) is 4.36. The number of hydrogen-bond acceptors (Lipinski definition) is 3. The Labute approximate surface area is 111 Å². The fraction of sp³-hybridized carbons (Fsp3) is 0.0667. The second-order valence-corrected chi connectivity index (χ2v) is 4.36. The van der Waals surface area contributed by atoms with E-state index in [-0.39, 0.29) is 5.91 Å². The van der Waals surface area contributed by atoms with Gasteiger partial charge in [-0.1, -0.05) is 36.4 Å². The first-order valence-corrected chi connectivity index (χ1v) is 6.04. The number of anilines is 2. The summed E-state index contributed by atoms with van der Waals surface area (Å²) in [6.45, 7) is 0.471. The summed E-state index contributed by atoms with van der Waals surface area (Å²) in [6, 6.07) is 14.9. The van der Waals surface area contributed by atoms with Gasteiger partial charge in [-0.2, -0.15) is 0 Å². The Morgan fingerprint density at radius 1 is 1.05 bits per heavy atom. The molecule has 4 nitrogen and oxygen atoms in total. The summed E-state index contributed by atoms with van der Waals surface area (Å²) < 4.78 is 0. The van der Waals surface area contributed by atoms with Gasteiger partial charge in [0.2, 0.25) is 0 Å². The SMILES string of the molecule is Nc1ccccc1C1=NCc2ccccc2NC1=O. The third-order valence-corrected chi connectivity index (χ3v) is 3.10. The molecule has 3 N–H and O–H groups in total. The molecule has 0 fully saturated rings. The summed E-state index contributed by atoms with van der Waals surface area (Å²) in [5, 5.41) is 2.87. The number of nitrogens with zero attached hydrogens (tertiary/aromatic N) is 1. The Kier molecular flexibility index (Phi) is 2.76. The number of nitrogens with one attached hydrogen (secondary N) is 1. The molecular formula is C15H13N3O. The quantitative estimate of drug-likeness (QED) is 0.763. The number of nitrogens with two attached hydrogens (primary N) is 1. The number of amides is 1. The lowest BCUT2D eigenvalue weighted by Gasteiger charge is -2.07.